The molecule has 36 heavy (non-hydrogen) atoms. The third kappa shape index (κ3) is 6.00. The molecule has 9 nitrogen and oxygen atoms in total. The lowest BCUT2D eigenvalue weighted by Gasteiger charge is -2.43. The van der Waals surface area contributed by atoms with Crippen molar-refractivity contribution >= 4 is 18.0 Å². The van der Waals surface area contributed by atoms with Crippen LogP contribution in [0.15, 0.2) is 29.5 Å². The molecule has 0 bridgehead atoms. The molecule has 9 heteroatoms. The Hall–Kier alpha value is -3.07. The molecule has 2 aliphatic heterocycles. The molecule has 0 aromatic heterocycles. The summed E-state index contributed by atoms with van der Waals surface area (Å²) in [6.45, 7) is 16.5. The number of aryl methyl sites for hydroxylation is 2. The summed E-state index contributed by atoms with van der Waals surface area (Å²) in [5.41, 5.74) is 4.08. The normalized spacial score (nSPS) is 21.1. The fraction of sp³-hybridized carbons (Fsp3) is 0.593. The molecule has 1 saturated heterocycles. The van der Waals surface area contributed by atoms with Gasteiger partial charge >= 0.3 is 18.0 Å². The highest BCUT2D eigenvalue weighted by Crippen LogP contribution is 2.34. The number of esters is 1. The minimum atomic E-state index is -0.593. The molecular formula is C27H41N5O4. The first-order chi connectivity index (χ1) is 17.1. The molecule has 1 fully saturated rings. The van der Waals surface area contributed by atoms with Gasteiger partial charge in [-0.1, -0.05) is 23.8 Å². The minimum absolute atomic E-state index is 0.00792. The van der Waals surface area contributed by atoms with Crippen molar-refractivity contribution in [2.45, 2.75) is 66.6 Å². The number of likely N-dealkylation sites (N-methyl/N-ethyl adjacent to an activating group) is 1. The van der Waals surface area contributed by atoms with Gasteiger partial charge in [-0.25, -0.2) is 14.4 Å². The van der Waals surface area contributed by atoms with Crippen LogP contribution in [-0.4, -0.2) is 84.1 Å². The first-order valence-corrected chi connectivity index (χ1v) is 12.9. The number of nitrogens with zero attached hydrogens (tertiary/aromatic N) is 3. The number of carbonyl (C=O) groups excluding carboxylic acids is 3. The second kappa shape index (κ2) is 11.8. The summed E-state index contributed by atoms with van der Waals surface area (Å²) in [6, 6.07) is 5.23. The van der Waals surface area contributed by atoms with E-state index >= 15 is 0 Å². The van der Waals surface area contributed by atoms with E-state index in [1.807, 2.05) is 64.6 Å². The summed E-state index contributed by atoms with van der Waals surface area (Å²) in [5.74, 6) is -0.417. The van der Waals surface area contributed by atoms with Gasteiger partial charge in [-0.05, 0) is 59.6 Å². The zero-order valence-corrected chi connectivity index (χ0v) is 22.7. The standard InChI is InChI=1S/C27H41N5O4/c1-8-31-22(16-30-12-13-32(20(7)15-30)26(34)28-17(3)4)23(25(33)36-9-2)24(29-27(31)35)21-14-18(5)10-11-19(21)6/h10-11,14,17,20,24H,8-9,12-13,15-16H2,1-7H3,(H,28,34)(H,29,35)/t20-,24-/m1/s1. The van der Waals surface area contributed by atoms with Crippen molar-refractivity contribution in [2.75, 3.05) is 39.3 Å². The Labute approximate surface area is 214 Å². The van der Waals surface area contributed by atoms with E-state index in [0.29, 0.717) is 44.0 Å². The Morgan fingerprint density at radius 1 is 1.19 bits per heavy atom. The second-order valence-corrected chi connectivity index (χ2v) is 9.95. The van der Waals surface area contributed by atoms with Crippen LogP contribution < -0.4 is 10.6 Å². The maximum Gasteiger partial charge on any atom is 0.338 e. The van der Waals surface area contributed by atoms with E-state index in [1.165, 1.54) is 0 Å². The van der Waals surface area contributed by atoms with Gasteiger partial charge in [0.2, 0.25) is 0 Å². The molecule has 2 aliphatic rings. The van der Waals surface area contributed by atoms with Crippen molar-refractivity contribution in [1.82, 2.24) is 25.3 Å². The van der Waals surface area contributed by atoms with E-state index in [2.05, 4.69) is 15.5 Å². The van der Waals surface area contributed by atoms with Gasteiger partial charge in [-0.3, -0.25) is 9.80 Å². The molecule has 198 valence electrons. The molecule has 2 N–H and O–H groups in total. The van der Waals surface area contributed by atoms with Crippen LogP contribution in [-0.2, 0) is 9.53 Å². The van der Waals surface area contributed by atoms with E-state index in [4.69, 9.17) is 4.74 Å². The average molecular weight is 500 g/mol. The van der Waals surface area contributed by atoms with Crippen molar-refractivity contribution in [3.8, 4) is 0 Å². The minimum Gasteiger partial charge on any atom is -0.463 e. The molecule has 3 rings (SSSR count). The van der Waals surface area contributed by atoms with E-state index in [0.717, 1.165) is 16.7 Å². The van der Waals surface area contributed by atoms with Crippen LogP contribution in [0.3, 0.4) is 0 Å². The lowest BCUT2D eigenvalue weighted by Crippen LogP contribution is -2.58. The lowest BCUT2D eigenvalue weighted by molar-refractivity contribution is -0.139. The van der Waals surface area contributed by atoms with Gasteiger partial charge in [-0.15, -0.1) is 0 Å². The summed E-state index contributed by atoms with van der Waals surface area (Å²) < 4.78 is 5.50. The van der Waals surface area contributed by atoms with Crippen LogP contribution >= 0.6 is 0 Å². The van der Waals surface area contributed by atoms with E-state index < -0.39 is 12.0 Å². The number of carbonyl (C=O) groups is 3. The third-order valence-electron chi connectivity index (χ3n) is 6.75. The maximum atomic E-state index is 13.4. The fourth-order valence-corrected chi connectivity index (χ4v) is 4.98. The van der Waals surface area contributed by atoms with Gasteiger partial charge in [0.25, 0.3) is 0 Å². The Bertz CT molecular complexity index is 1020. The van der Waals surface area contributed by atoms with Crippen LogP contribution in [0.5, 0.6) is 0 Å². The highest BCUT2D eigenvalue weighted by Gasteiger charge is 2.39. The third-order valence-corrected chi connectivity index (χ3v) is 6.75. The van der Waals surface area contributed by atoms with Crippen molar-refractivity contribution in [1.29, 1.82) is 0 Å². The first kappa shape index (κ1) is 27.5. The van der Waals surface area contributed by atoms with E-state index in [1.54, 1.807) is 11.8 Å². The van der Waals surface area contributed by atoms with E-state index in [9.17, 15) is 14.4 Å². The highest BCUT2D eigenvalue weighted by molar-refractivity contribution is 5.95. The number of amides is 4. The van der Waals surface area contributed by atoms with Crippen LogP contribution in [0.1, 0.15) is 57.4 Å². The van der Waals surface area contributed by atoms with Gasteiger partial charge in [0.15, 0.2) is 0 Å². The summed E-state index contributed by atoms with van der Waals surface area (Å²) in [6.07, 6.45) is 0. The van der Waals surface area contributed by atoms with E-state index in [-0.39, 0.29) is 30.8 Å². The smallest absolute Gasteiger partial charge is 0.338 e. The molecule has 4 amide bonds. The number of hydrogen-bond donors (Lipinski definition) is 2. The molecule has 0 spiro atoms. The molecule has 0 radical (unpaired) electrons. The number of urea groups is 2. The Morgan fingerprint density at radius 3 is 2.53 bits per heavy atom. The number of ether oxygens (including phenoxy) is 1. The zero-order chi connectivity index (χ0) is 26.6. The van der Waals surface area contributed by atoms with Crippen molar-refractivity contribution in [2.24, 2.45) is 0 Å². The summed E-state index contributed by atoms with van der Waals surface area (Å²) in [7, 11) is 0. The molecule has 0 aliphatic carbocycles. The van der Waals surface area contributed by atoms with Crippen LogP contribution in [0.4, 0.5) is 9.59 Å². The maximum absolute atomic E-state index is 13.4. The first-order valence-electron chi connectivity index (χ1n) is 12.9. The molecule has 0 saturated carbocycles. The Kier molecular flexibility index (Phi) is 9.00. The molecule has 1 aromatic carbocycles. The molecule has 2 heterocycles. The van der Waals surface area contributed by atoms with Gasteiger partial charge in [0.05, 0.1) is 18.2 Å². The quantitative estimate of drug-likeness (QED) is 0.562. The van der Waals surface area contributed by atoms with Gasteiger partial charge < -0.3 is 20.3 Å². The van der Waals surface area contributed by atoms with Crippen molar-refractivity contribution < 1.29 is 19.1 Å². The predicted molar refractivity (Wildman–Crippen MR) is 140 cm³/mol. The Morgan fingerprint density at radius 2 is 1.92 bits per heavy atom. The van der Waals surface area contributed by atoms with Crippen molar-refractivity contribution in [3.63, 3.8) is 0 Å². The number of rotatable bonds is 7. The van der Waals surface area contributed by atoms with Crippen LogP contribution in [0, 0.1) is 13.8 Å². The summed E-state index contributed by atoms with van der Waals surface area (Å²) in [5, 5.41) is 6.02. The monoisotopic (exact) mass is 499 g/mol. The zero-order valence-electron chi connectivity index (χ0n) is 22.7. The lowest BCUT2D eigenvalue weighted by atomic mass is 9.90. The number of hydrogen-bond acceptors (Lipinski definition) is 5. The molecule has 2 atom stereocenters. The SMILES string of the molecule is CCOC(=O)C1=C(CN2CCN(C(=O)NC(C)C)[C@H](C)C2)N(CC)C(=O)N[C@@H]1c1cc(C)ccc1C. The van der Waals surface area contributed by atoms with Gasteiger partial charge in [0.1, 0.15) is 0 Å². The van der Waals surface area contributed by atoms with Gasteiger partial charge in [0, 0.05) is 50.5 Å². The number of benzene rings is 1. The molecule has 1 aromatic rings. The van der Waals surface area contributed by atoms with Gasteiger partial charge in [-0.2, -0.15) is 0 Å². The summed E-state index contributed by atoms with van der Waals surface area (Å²) in [4.78, 5) is 44.9. The topological polar surface area (TPSA) is 94.2 Å². The predicted octanol–water partition coefficient (Wildman–Crippen LogP) is 3.33. The largest absolute Gasteiger partial charge is 0.463 e. The average Bonchev–Trinajstić information content (AvgIpc) is 2.80. The van der Waals surface area contributed by atoms with Crippen LogP contribution in [0.2, 0.25) is 0 Å². The number of nitrogens with one attached hydrogen (secondary N) is 2. The number of piperazine rings is 1. The second-order valence-electron chi connectivity index (χ2n) is 9.95. The van der Waals surface area contributed by atoms with Crippen LogP contribution in [0.25, 0.3) is 0 Å². The van der Waals surface area contributed by atoms with Crippen molar-refractivity contribution in [3.05, 3.63) is 46.2 Å². The Balaban J connectivity index is 1.98. The molecule has 0 unspecified atom stereocenters. The molecular weight excluding hydrogens is 458 g/mol. The summed E-state index contributed by atoms with van der Waals surface area (Å²) >= 11 is 0. The fourth-order valence-electron chi connectivity index (χ4n) is 4.98. The highest BCUT2D eigenvalue weighted by atomic mass is 16.5.